The Labute approximate surface area is 186 Å². The van der Waals surface area contributed by atoms with Crippen molar-refractivity contribution in [2.24, 2.45) is 0 Å². The number of carbonyl (C=O) groups is 1. The molecular weight excluding hydrogens is 469 g/mol. The zero-order chi connectivity index (χ0) is 23.7. The Balaban J connectivity index is 2.07. The van der Waals surface area contributed by atoms with Crippen molar-refractivity contribution in [3.63, 3.8) is 0 Å². The monoisotopic (exact) mass is 484 g/mol. The molecule has 0 aliphatic heterocycles. The maximum Gasteiger partial charge on any atom is 0.416 e. The molecule has 168 valence electrons. The molecule has 32 heavy (non-hydrogen) atoms. The van der Waals surface area contributed by atoms with Gasteiger partial charge in [-0.1, -0.05) is 29.8 Å². The third-order valence-corrected chi connectivity index (χ3v) is 6.64. The molecule has 0 atom stereocenters. The highest BCUT2D eigenvalue weighted by molar-refractivity contribution is 7.91. The molecule has 0 radical (unpaired) electrons. The van der Waals surface area contributed by atoms with E-state index in [1.54, 1.807) is 0 Å². The van der Waals surface area contributed by atoms with E-state index in [4.69, 9.17) is 21.4 Å². The lowest BCUT2D eigenvalue weighted by molar-refractivity contribution is -0.138. The summed E-state index contributed by atoms with van der Waals surface area (Å²) in [5, 5.41) is 8.85. The van der Waals surface area contributed by atoms with Crippen LogP contribution in [0.2, 0.25) is 5.02 Å². The third kappa shape index (κ3) is 5.05. The summed E-state index contributed by atoms with van der Waals surface area (Å²) in [6, 6.07) is 12.3. The fraction of sp³-hybridized carbons (Fsp3) is 0.136. The van der Waals surface area contributed by atoms with E-state index in [1.165, 1.54) is 55.6 Å². The molecule has 0 saturated carbocycles. The van der Waals surface area contributed by atoms with Gasteiger partial charge in [0.2, 0.25) is 9.84 Å². The number of benzene rings is 3. The summed E-state index contributed by atoms with van der Waals surface area (Å²) in [6.45, 7) is 0. The molecule has 0 bridgehead atoms. The summed E-state index contributed by atoms with van der Waals surface area (Å²) in [4.78, 5) is 10.7. The number of ether oxygens (including phenoxy) is 1. The van der Waals surface area contributed by atoms with Gasteiger partial charge in [-0.15, -0.1) is 0 Å². The number of hydrogen-bond acceptors (Lipinski definition) is 4. The van der Waals surface area contributed by atoms with Gasteiger partial charge in [-0.05, 0) is 53.6 Å². The van der Waals surface area contributed by atoms with Gasteiger partial charge >= 0.3 is 12.1 Å². The van der Waals surface area contributed by atoms with Crippen LogP contribution in [-0.4, -0.2) is 26.6 Å². The average molecular weight is 485 g/mol. The van der Waals surface area contributed by atoms with Gasteiger partial charge in [-0.3, -0.25) is 4.79 Å². The van der Waals surface area contributed by atoms with Crippen molar-refractivity contribution in [3.8, 4) is 16.9 Å². The van der Waals surface area contributed by atoms with Crippen LogP contribution in [-0.2, 0) is 27.2 Å². The highest BCUT2D eigenvalue weighted by Crippen LogP contribution is 2.36. The predicted molar refractivity (Wildman–Crippen MR) is 112 cm³/mol. The van der Waals surface area contributed by atoms with Crippen molar-refractivity contribution in [2.75, 3.05) is 7.11 Å². The average Bonchev–Trinajstić information content (AvgIpc) is 2.72. The van der Waals surface area contributed by atoms with Gasteiger partial charge < -0.3 is 9.84 Å². The molecule has 3 rings (SSSR count). The Morgan fingerprint density at radius 1 is 1.03 bits per heavy atom. The molecular formula is C22H16ClF3O5S. The van der Waals surface area contributed by atoms with Crippen molar-refractivity contribution >= 4 is 27.4 Å². The van der Waals surface area contributed by atoms with Crippen LogP contribution >= 0.6 is 11.6 Å². The first kappa shape index (κ1) is 23.6. The van der Waals surface area contributed by atoms with Crippen LogP contribution < -0.4 is 4.74 Å². The van der Waals surface area contributed by atoms with Crippen LogP contribution in [0.5, 0.6) is 5.75 Å². The van der Waals surface area contributed by atoms with Crippen LogP contribution in [0.4, 0.5) is 13.2 Å². The highest BCUT2D eigenvalue weighted by atomic mass is 35.5. The lowest BCUT2D eigenvalue weighted by Gasteiger charge is -2.12. The summed E-state index contributed by atoms with van der Waals surface area (Å²) in [7, 11) is -2.78. The Morgan fingerprint density at radius 2 is 1.75 bits per heavy atom. The Bertz CT molecular complexity index is 1290. The molecule has 0 fully saturated rings. The molecule has 3 aromatic carbocycles. The van der Waals surface area contributed by atoms with Crippen LogP contribution in [0.1, 0.15) is 11.1 Å². The number of hydrogen-bond donors (Lipinski definition) is 1. The molecule has 5 nitrogen and oxygen atoms in total. The van der Waals surface area contributed by atoms with Gasteiger partial charge in [0, 0.05) is 10.6 Å². The minimum Gasteiger partial charge on any atom is -0.497 e. The largest absolute Gasteiger partial charge is 0.497 e. The van der Waals surface area contributed by atoms with E-state index in [2.05, 4.69) is 0 Å². The molecule has 10 heteroatoms. The zero-order valence-corrected chi connectivity index (χ0v) is 18.1. The van der Waals surface area contributed by atoms with Gasteiger partial charge in [0.25, 0.3) is 0 Å². The Morgan fingerprint density at radius 3 is 2.34 bits per heavy atom. The van der Waals surface area contributed by atoms with Gasteiger partial charge in [0.15, 0.2) is 0 Å². The van der Waals surface area contributed by atoms with E-state index in [9.17, 15) is 26.4 Å². The molecule has 0 heterocycles. The SMILES string of the molecule is COc1cc(CC(=O)O)cc(S(=O)(=O)c2cccc(-c3ccc(C(F)(F)F)cc3Cl)c2)c1. The number of carboxylic acids is 1. The number of aliphatic carboxylic acids is 1. The normalized spacial score (nSPS) is 11.9. The first-order valence-corrected chi connectivity index (χ1v) is 10.9. The maximum absolute atomic E-state index is 13.2. The number of rotatable bonds is 6. The third-order valence-electron chi connectivity index (χ3n) is 4.59. The van der Waals surface area contributed by atoms with Crippen molar-refractivity contribution in [1.82, 2.24) is 0 Å². The first-order valence-electron chi connectivity index (χ1n) is 9.04. The topological polar surface area (TPSA) is 80.7 Å². The molecule has 0 spiro atoms. The molecule has 0 aliphatic carbocycles. The second kappa shape index (κ2) is 8.84. The Kier molecular flexibility index (Phi) is 6.52. The van der Waals surface area contributed by atoms with Crippen LogP contribution in [0.25, 0.3) is 11.1 Å². The maximum atomic E-state index is 13.2. The number of alkyl halides is 3. The molecule has 0 unspecified atom stereocenters. The molecule has 3 aromatic rings. The Hall–Kier alpha value is -3.04. The van der Waals surface area contributed by atoms with Crippen LogP contribution in [0, 0.1) is 0 Å². The number of methoxy groups -OCH3 is 1. The van der Waals surface area contributed by atoms with Gasteiger partial charge in [0.05, 0.1) is 28.9 Å². The number of halogens is 4. The zero-order valence-electron chi connectivity index (χ0n) is 16.5. The van der Waals surface area contributed by atoms with Gasteiger partial charge in [-0.2, -0.15) is 13.2 Å². The molecule has 0 saturated heterocycles. The highest BCUT2D eigenvalue weighted by Gasteiger charge is 2.31. The van der Waals surface area contributed by atoms with Crippen molar-refractivity contribution in [2.45, 2.75) is 22.4 Å². The van der Waals surface area contributed by atoms with Crippen LogP contribution in [0.15, 0.2) is 70.5 Å². The van der Waals surface area contributed by atoms with E-state index in [0.717, 1.165) is 12.1 Å². The molecule has 1 N–H and O–H groups in total. The fourth-order valence-electron chi connectivity index (χ4n) is 3.07. The summed E-state index contributed by atoms with van der Waals surface area (Å²) >= 11 is 6.04. The number of carboxylic acid groups (broad SMARTS) is 1. The lowest BCUT2D eigenvalue weighted by Crippen LogP contribution is -2.06. The van der Waals surface area contributed by atoms with E-state index in [0.29, 0.717) is 5.56 Å². The first-order chi connectivity index (χ1) is 14.9. The predicted octanol–water partition coefficient (Wildman–Crippen LogP) is 5.49. The standard InChI is InChI=1S/C22H16ClF3O5S/c1-31-16-7-13(9-21(27)28)8-18(12-16)32(29,30)17-4-2-3-14(10-17)19-6-5-15(11-20(19)23)22(24,25)26/h2-8,10-12H,9H2,1H3,(H,27,28). The number of sulfone groups is 1. The van der Waals surface area contributed by atoms with Crippen molar-refractivity contribution in [3.05, 3.63) is 76.8 Å². The van der Waals surface area contributed by atoms with Gasteiger partial charge in [0.1, 0.15) is 5.75 Å². The smallest absolute Gasteiger partial charge is 0.416 e. The second-order valence-electron chi connectivity index (χ2n) is 6.81. The van der Waals surface area contributed by atoms with Gasteiger partial charge in [-0.25, -0.2) is 8.42 Å². The fourth-order valence-corrected chi connectivity index (χ4v) is 4.75. The van der Waals surface area contributed by atoms with E-state index in [1.807, 2.05) is 0 Å². The molecule has 0 aromatic heterocycles. The molecule has 0 amide bonds. The van der Waals surface area contributed by atoms with E-state index >= 15 is 0 Å². The van der Waals surface area contributed by atoms with Crippen molar-refractivity contribution in [1.29, 1.82) is 0 Å². The quantitative estimate of drug-likeness (QED) is 0.500. The van der Waals surface area contributed by atoms with Crippen LogP contribution in [0.3, 0.4) is 0 Å². The minimum atomic E-state index is -4.56. The minimum absolute atomic E-state index is 0.138. The molecule has 0 aliphatic rings. The summed E-state index contributed by atoms with van der Waals surface area (Å²) in [5.41, 5.74) is -0.151. The summed E-state index contributed by atoms with van der Waals surface area (Å²) < 4.78 is 70.2. The second-order valence-corrected chi connectivity index (χ2v) is 9.17. The van der Waals surface area contributed by atoms with E-state index < -0.39 is 34.0 Å². The summed E-state index contributed by atoms with van der Waals surface area (Å²) in [6.07, 6.45) is -4.96. The van der Waals surface area contributed by atoms with Crippen molar-refractivity contribution < 1.29 is 36.2 Å². The summed E-state index contributed by atoms with van der Waals surface area (Å²) in [5.74, 6) is -0.968. The van der Waals surface area contributed by atoms with E-state index in [-0.39, 0.29) is 31.7 Å². The lowest BCUT2D eigenvalue weighted by atomic mass is 10.0.